The highest BCUT2D eigenvalue weighted by Gasteiger charge is 2.22. The van der Waals surface area contributed by atoms with E-state index >= 15 is 0 Å². The molecule has 27 heavy (non-hydrogen) atoms. The Morgan fingerprint density at radius 3 is 2.63 bits per heavy atom. The molecule has 0 saturated carbocycles. The van der Waals surface area contributed by atoms with Crippen LogP contribution in [0.4, 0.5) is 0 Å². The van der Waals surface area contributed by atoms with Crippen LogP contribution < -0.4 is 11.0 Å². The van der Waals surface area contributed by atoms with Gasteiger partial charge in [-0.15, -0.1) is 5.10 Å². The monoisotopic (exact) mass is 368 g/mol. The first-order valence-corrected chi connectivity index (χ1v) is 8.50. The lowest BCUT2D eigenvalue weighted by Gasteiger charge is -2.16. The van der Waals surface area contributed by atoms with E-state index in [0.717, 1.165) is 11.1 Å². The Kier molecular flexibility index (Phi) is 5.07. The molecule has 0 fully saturated rings. The molecule has 0 aliphatic heterocycles. The SMILES string of the molecule is Cc1ccc(C(NC(=O)CCn2nc3ccccn3c2=O)C(=O)O)cc1C. The van der Waals surface area contributed by atoms with Gasteiger partial charge in [-0.25, -0.2) is 14.3 Å². The van der Waals surface area contributed by atoms with Gasteiger partial charge >= 0.3 is 11.7 Å². The van der Waals surface area contributed by atoms with Gasteiger partial charge in [-0.2, -0.15) is 0 Å². The number of hydrogen-bond donors (Lipinski definition) is 2. The van der Waals surface area contributed by atoms with Crippen molar-refractivity contribution in [3.8, 4) is 0 Å². The van der Waals surface area contributed by atoms with Crippen molar-refractivity contribution in [3.05, 3.63) is 69.8 Å². The number of benzene rings is 1. The number of aliphatic carboxylic acids is 1. The summed E-state index contributed by atoms with van der Waals surface area (Å²) in [6, 6.07) is 9.29. The number of fused-ring (bicyclic) bond motifs is 1. The maximum absolute atomic E-state index is 12.3. The fourth-order valence-electron chi connectivity index (χ4n) is 2.79. The van der Waals surface area contributed by atoms with Gasteiger partial charge in [0.2, 0.25) is 5.91 Å². The normalized spacial score (nSPS) is 12.1. The maximum Gasteiger partial charge on any atom is 0.350 e. The first-order chi connectivity index (χ1) is 12.9. The van der Waals surface area contributed by atoms with Crippen LogP contribution in [0.15, 0.2) is 47.4 Å². The molecule has 1 amide bonds. The second-order valence-corrected chi connectivity index (χ2v) is 6.37. The van der Waals surface area contributed by atoms with Crippen LogP contribution in [0.3, 0.4) is 0 Å². The summed E-state index contributed by atoms with van der Waals surface area (Å²) in [6.07, 6.45) is 1.54. The summed E-state index contributed by atoms with van der Waals surface area (Å²) < 4.78 is 2.58. The summed E-state index contributed by atoms with van der Waals surface area (Å²) in [6.45, 7) is 3.88. The van der Waals surface area contributed by atoms with Crippen molar-refractivity contribution in [1.29, 1.82) is 0 Å². The average molecular weight is 368 g/mol. The Morgan fingerprint density at radius 1 is 1.19 bits per heavy atom. The molecule has 2 aromatic heterocycles. The van der Waals surface area contributed by atoms with Crippen LogP contribution in [0.5, 0.6) is 0 Å². The first kappa shape index (κ1) is 18.4. The molecule has 8 nitrogen and oxygen atoms in total. The molecule has 2 heterocycles. The minimum atomic E-state index is -1.14. The standard InChI is InChI=1S/C19H20N4O4/c1-12-6-7-14(11-13(12)2)17(18(25)26)20-16(24)8-10-23-19(27)22-9-4-3-5-15(22)21-23/h3-7,9,11,17H,8,10H2,1-2H3,(H,20,24)(H,25,26). The molecule has 140 valence electrons. The molecule has 1 atom stereocenters. The molecule has 3 rings (SSSR count). The largest absolute Gasteiger partial charge is 0.479 e. The topological polar surface area (TPSA) is 106 Å². The summed E-state index contributed by atoms with van der Waals surface area (Å²) in [5.41, 5.74) is 2.64. The van der Waals surface area contributed by atoms with Gasteiger partial charge in [0.25, 0.3) is 0 Å². The van der Waals surface area contributed by atoms with Gasteiger partial charge in [0, 0.05) is 12.6 Å². The quantitative estimate of drug-likeness (QED) is 0.685. The van der Waals surface area contributed by atoms with Crippen molar-refractivity contribution in [1.82, 2.24) is 19.5 Å². The van der Waals surface area contributed by atoms with E-state index in [2.05, 4.69) is 10.4 Å². The van der Waals surface area contributed by atoms with Crippen molar-refractivity contribution < 1.29 is 14.7 Å². The van der Waals surface area contributed by atoms with E-state index in [1.54, 1.807) is 36.5 Å². The van der Waals surface area contributed by atoms with Gasteiger partial charge in [-0.1, -0.05) is 24.3 Å². The number of carboxylic acid groups (broad SMARTS) is 1. The Morgan fingerprint density at radius 2 is 1.96 bits per heavy atom. The molecule has 0 spiro atoms. The van der Waals surface area contributed by atoms with Crippen LogP contribution in [0, 0.1) is 13.8 Å². The molecule has 8 heteroatoms. The minimum Gasteiger partial charge on any atom is -0.479 e. The molecule has 0 saturated heterocycles. The lowest BCUT2D eigenvalue weighted by molar-refractivity contribution is -0.142. The first-order valence-electron chi connectivity index (χ1n) is 8.50. The minimum absolute atomic E-state index is 0.0571. The zero-order valence-electron chi connectivity index (χ0n) is 15.0. The molecule has 0 aliphatic rings. The van der Waals surface area contributed by atoms with Crippen molar-refractivity contribution in [3.63, 3.8) is 0 Å². The number of carbonyl (C=O) groups is 2. The Hall–Kier alpha value is -3.42. The van der Waals surface area contributed by atoms with E-state index < -0.39 is 17.9 Å². The zero-order chi connectivity index (χ0) is 19.6. The molecule has 1 unspecified atom stereocenters. The number of pyridine rings is 1. The third-order valence-electron chi connectivity index (χ3n) is 4.46. The van der Waals surface area contributed by atoms with Crippen molar-refractivity contribution in [2.45, 2.75) is 32.9 Å². The van der Waals surface area contributed by atoms with Crippen LogP contribution in [-0.4, -0.2) is 31.2 Å². The molecule has 0 radical (unpaired) electrons. The van der Waals surface area contributed by atoms with Crippen LogP contribution >= 0.6 is 0 Å². The van der Waals surface area contributed by atoms with Crippen molar-refractivity contribution in [2.24, 2.45) is 0 Å². The number of aryl methyl sites for hydroxylation is 3. The summed E-state index contributed by atoms with van der Waals surface area (Å²) in [7, 11) is 0. The van der Waals surface area contributed by atoms with E-state index in [0.29, 0.717) is 11.2 Å². The van der Waals surface area contributed by atoms with Gasteiger partial charge in [-0.05, 0) is 42.7 Å². The maximum atomic E-state index is 12.3. The number of hydrogen-bond acceptors (Lipinski definition) is 4. The van der Waals surface area contributed by atoms with Crippen LogP contribution in [0.25, 0.3) is 5.65 Å². The highest BCUT2D eigenvalue weighted by molar-refractivity contribution is 5.84. The van der Waals surface area contributed by atoms with Gasteiger partial charge in [0.1, 0.15) is 0 Å². The van der Waals surface area contributed by atoms with Crippen molar-refractivity contribution >= 4 is 17.5 Å². The van der Waals surface area contributed by atoms with E-state index in [4.69, 9.17) is 0 Å². The molecule has 2 N–H and O–H groups in total. The third-order valence-corrected chi connectivity index (χ3v) is 4.46. The number of nitrogens with zero attached hydrogens (tertiary/aromatic N) is 3. The van der Waals surface area contributed by atoms with E-state index in [-0.39, 0.29) is 18.7 Å². The van der Waals surface area contributed by atoms with E-state index in [1.807, 2.05) is 19.9 Å². The molecule has 0 aliphatic carbocycles. The Balaban J connectivity index is 1.71. The third kappa shape index (κ3) is 3.89. The molecule has 3 aromatic rings. The Labute approximate surface area is 155 Å². The number of carboxylic acids is 1. The number of aromatic nitrogens is 3. The zero-order valence-corrected chi connectivity index (χ0v) is 15.0. The van der Waals surface area contributed by atoms with Gasteiger partial charge in [-0.3, -0.25) is 9.20 Å². The second kappa shape index (κ2) is 7.45. The fourth-order valence-corrected chi connectivity index (χ4v) is 2.79. The fraction of sp³-hybridized carbons (Fsp3) is 0.263. The highest BCUT2D eigenvalue weighted by atomic mass is 16.4. The predicted molar refractivity (Wildman–Crippen MR) is 98.5 cm³/mol. The smallest absolute Gasteiger partial charge is 0.350 e. The number of carbonyl (C=O) groups excluding carboxylic acids is 1. The lowest BCUT2D eigenvalue weighted by atomic mass is 10.0. The summed E-state index contributed by atoms with van der Waals surface area (Å²) in [5.74, 6) is -1.61. The van der Waals surface area contributed by atoms with Crippen LogP contribution in [0.1, 0.15) is 29.2 Å². The highest BCUT2D eigenvalue weighted by Crippen LogP contribution is 2.17. The van der Waals surface area contributed by atoms with Crippen molar-refractivity contribution in [2.75, 3.05) is 0 Å². The predicted octanol–water partition coefficient (Wildman–Crippen LogP) is 1.45. The molecule has 0 bridgehead atoms. The van der Waals surface area contributed by atoms with Crippen LogP contribution in [-0.2, 0) is 16.1 Å². The second-order valence-electron chi connectivity index (χ2n) is 6.37. The summed E-state index contributed by atoms with van der Waals surface area (Å²) in [5, 5.41) is 16.1. The molecular weight excluding hydrogens is 348 g/mol. The van der Waals surface area contributed by atoms with Crippen LogP contribution in [0.2, 0.25) is 0 Å². The van der Waals surface area contributed by atoms with Gasteiger partial charge in [0.15, 0.2) is 11.7 Å². The summed E-state index contributed by atoms with van der Waals surface area (Å²) in [4.78, 5) is 36.1. The van der Waals surface area contributed by atoms with Gasteiger partial charge < -0.3 is 10.4 Å². The summed E-state index contributed by atoms with van der Waals surface area (Å²) >= 11 is 0. The van der Waals surface area contributed by atoms with E-state index in [1.165, 1.54) is 9.08 Å². The molecular formula is C19H20N4O4. The Bertz CT molecular complexity index is 1070. The van der Waals surface area contributed by atoms with E-state index in [9.17, 15) is 19.5 Å². The molecule has 1 aromatic carbocycles. The number of nitrogens with one attached hydrogen (secondary N) is 1. The number of amides is 1. The average Bonchev–Trinajstić information content (AvgIpc) is 2.96. The number of rotatable bonds is 6. The lowest BCUT2D eigenvalue weighted by Crippen LogP contribution is -2.35. The van der Waals surface area contributed by atoms with Gasteiger partial charge in [0.05, 0.1) is 6.54 Å².